The highest BCUT2D eigenvalue weighted by molar-refractivity contribution is 5.09. The highest BCUT2D eigenvalue weighted by Gasteiger charge is 2.53. The van der Waals surface area contributed by atoms with Crippen LogP contribution in [0.4, 0.5) is 0 Å². The minimum atomic E-state index is 0.635. The van der Waals surface area contributed by atoms with E-state index in [9.17, 15) is 0 Å². The summed E-state index contributed by atoms with van der Waals surface area (Å²) in [6, 6.07) is 0. The molecular formula is C12H21N. The van der Waals surface area contributed by atoms with E-state index in [-0.39, 0.29) is 0 Å². The van der Waals surface area contributed by atoms with E-state index in [1.54, 1.807) is 0 Å². The van der Waals surface area contributed by atoms with Crippen LogP contribution in [-0.2, 0) is 0 Å². The van der Waals surface area contributed by atoms with Crippen molar-refractivity contribution in [3.8, 4) is 0 Å². The number of nitrogens with one attached hydrogen (secondary N) is 1. The fraction of sp³-hybridized carbons (Fsp3) is 1.00. The van der Waals surface area contributed by atoms with Crippen LogP contribution in [-0.4, -0.2) is 12.1 Å². The molecule has 2 aliphatic carbocycles. The summed E-state index contributed by atoms with van der Waals surface area (Å²) >= 11 is 0. The van der Waals surface area contributed by atoms with Gasteiger partial charge in [0.25, 0.3) is 0 Å². The lowest BCUT2D eigenvalue weighted by Gasteiger charge is -2.34. The summed E-state index contributed by atoms with van der Waals surface area (Å²) in [4.78, 5) is 0. The van der Waals surface area contributed by atoms with Crippen molar-refractivity contribution in [2.75, 3.05) is 6.54 Å². The van der Waals surface area contributed by atoms with Crippen LogP contribution in [0.25, 0.3) is 0 Å². The number of rotatable bonds is 2. The Labute approximate surface area is 81.3 Å². The van der Waals surface area contributed by atoms with Gasteiger partial charge in [0.2, 0.25) is 0 Å². The Bertz CT molecular complexity index is 169. The third-order valence-electron chi connectivity index (χ3n) is 4.33. The minimum Gasteiger partial charge on any atom is -0.311 e. The maximum atomic E-state index is 3.92. The van der Waals surface area contributed by atoms with Crippen molar-refractivity contribution in [1.29, 1.82) is 0 Å². The van der Waals surface area contributed by atoms with E-state index >= 15 is 0 Å². The van der Waals surface area contributed by atoms with E-state index < -0.39 is 0 Å². The van der Waals surface area contributed by atoms with E-state index in [0.717, 1.165) is 11.8 Å². The minimum absolute atomic E-state index is 0.635. The zero-order valence-electron chi connectivity index (χ0n) is 8.52. The Kier molecular flexibility index (Phi) is 1.90. The molecule has 3 fully saturated rings. The lowest BCUT2D eigenvalue weighted by atomic mass is 9.83. The fourth-order valence-electron chi connectivity index (χ4n) is 3.36. The summed E-state index contributed by atoms with van der Waals surface area (Å²) in [6.07, 6.45) is 11.9. The van der Waals surface area contributed by atoms with E-state index in [1.165, 1.54) is 57.9 Å². The van der Waals surface area contributed by atoms with Crippen molar-refractivity contribution in [3.05, 3.63) is 0 Å². The molecule has 0 aromatic rings. The van der Waals surface area contributed by atoms with Crippen LogP contribution in [0.3, 0.4) is 0 Å². The van der Waals surface area contributed by atoms with E-state index in [0.29, 0.717) is 5.54 Å². The molecule has 1 N–H and O–H groups in total. The number of hydrogen-bond acceptors (Lipinski definition) is 1. The van der Waals surface area contributed by atoms with Crippen LogP contribution >= 0.6 is 0 Å². The van der Waals surface area contributed by atoms with E-state index in [4.69, 9.17) is 0 Å². The fourth-order valence-corrected chi connectivity index (χ4v) is 3.36. The van der Waals surface area contributed by atoms with Crippen LogP contribution in [0.2, 0.25) is 0 Å². The molecule has 2 saturated carbocycles. The summed E-state index contributed by atoms with van der Waals surface area (Å²) in [5, 5.41) is 3.92. The van der Waals surface area contributed by atoms with Gasteiger partial charge in [-0.15, -0.1) is 0 Å². The highest BCUT2D eigenvalue weighted by atomic mass is 15.0. The van der Waals surface area contributed by atoms with Crippen LogP contribution in [0, 0.1) is 11.8 Å². The molecule has 0 spiro atoms. The van der Waals surface area contributed by atoms with Crippen LogP contribution < -0.4 is 5.32 Å². The Morgan fingerprint density at radius 1 is 0.846 bits per heavy atom. The summed E-state index contributed by atoms with van der Waals surface area (Å²) in [6.45, 7) is 1.30. The molecule has 1 nitrogen and oxygen atoms in total. The van der Waals surface area contributed by atoms with Crippen molar-refractivity contribution in [2.45, 2.75) is 56.9 Å². The van der Waals surface area contributed by atoms with Gasteiger partial charge in [0.15, 0.2) is 0 Å². The largest absolute Gasteiger partial charge is 0.311 e. The molecule has 0 radical (unpaired) electrons. The third-order valence-corrected chi connectivity index (χ3v) is 4.33. The topological polar surface area (TPSA) is 12.0 Å². The zero-order chi connectivity index (χ0) is 8.73. The SMILES string of the molecule is C1CCNC(C2CC2)(C2CC2)CC1. The second-order valence-electron chi connectivity index (χ2n) is 5.33. The van der Waals surface area contributed by atoms with Gasteiger partial charge >= 0.3 is 0 Å². The van der Waals surface area contributed by atoms with Gasteiger partial charge in [-0.1, -0.05) is 12.8 Å². The van der Waals surface area contributed by atoms with Gasteiger partial charge in [-0.25, -0.2) is 0 Å². The van der Waals surface area contributed by atoms with Gasteiger partial charge in [0.05, 0.1) is 0 Å². The van der Waals surface area contributed by atoms with Gasteiger partial charge in [-0.3, -0.25) is 0 Å². The molecule has 0 aromatic heterocycles. The Hall–Kier alpha value is -0.0400. The Morgan fingerprint density at radius 3 is 2.15 bits per heavy atom. The second-order valence-corrected chi connectivity index (χ2v) is 5.33. The van der Waals surface area contributed by atoms with Crippen LogP contribution in [0.1, 0.15) is 51.4 Å². The molecule has 0 unspecified atom stereocenters. The molecule has 0 bridgehead atoms. The van der Waals surface area contributed by atoms with E-state index in [2.05, 4.69) is 5.32 Å². The summed E-state index contributed by atoms with van der Waals surface area (Å²) < 4.78 is 0. The standard InChI is InChI=1S/C12H21N/c1-2-8-12(10-4-5-10,11-6-7-11)13-9-3-1/h10-11,13H,1-9H2. The first-order chi connectivity index (χ1) is 6.42. The molecule has 1 heteroatoms. The smallest absolute Gasteiger partial charge is 0.0237 e. The molecule has 13 heavy (non-hydrogen) atoms. The van der Waals surface area contributed by atoms with Gasteiger partial charge < -0.3 is 5.32 Å². The molecular weight excluding hydrogens is 158 g/mol. The van der Waals surface area contributed by atoms with Gasteiger partial charge in [0, 0.05) is 5.54 Å². The summed E-state index contributed by atoms with van der Waals surface area (Å²) in [5.74, 6) is 2.14. The summed E-state index contributed by atoms with van der Waals surface area (Å²) in [5.41, 5.74) is 0.635. The lowest BCUT2D eigenvalue weighted by Crippen LogP contribution is -2.48. The van der Waals surface area contributed by atoms with Crippen molar-refractivity contribution < 1.29 is 0 Å². The monoisotopic (exact) mass is 179 g/mol. The average Bonchev–Trinajstić information content (AvgIpc) is 3.02. The number of hydrogen-bond donors (Lipinski definition) is 1. The third kappa shape index (κ3) is 1.41. The highest BCUT2D eigenvalue weighted by Crippen LogP contribution is 2.54. The van der Waals surface area contributed by atoms with Gasteiger partial charge in [-0.2, -0.15) is 0 Å². The predicted octanol–water partition coefficient (Wildman–Crippen LogP) is 2.71. The first-order valence-electron chi connectivity index (χ1n) is 6.17. The Balaban J connectivity index is 1.78. The molecule has 0 amide bonds. The normalized spacial score (nSPS) is 34.2. The molecule has 1 aliphatic heterocycles. The van der Waals surface area contributed by atoms with Crippen molar-refractivity contribution in [1.82, 2.24) is 5.32 Å². The molecule has 3 aliphatic rings. The predicted molar refractivity (Wildman–Crippen MR) is 54.6 cm³/mol. The zero-order valence-corrected chi connectivity index (χ0v) is 8.52. The van der Waals surface area contributed by atoms with Crippen molar-refractivity contribution >= 4 is 0 Å². The summed E-state index contributed by atoms with van der Waals surface area (Å²) in [7, 11) is 0. The van der Waals surface area contributed by atoms with Gasteiger partial charge in [0.1, 0.15) is 0 Å². The van der Waals surface area contributed by atoms with Gasteiger partial charge in [-0.05, 0) is 56.9 Å². The van der Waals surface area contributed by atoms with Crippen LogP contribution in [0.15, 0.2) is 0 Å². The Morgan fingerprint density at radius 2 is 1.54 bits per heavy atom. The molecule has 0 aromatic carbocycles. The average molecular weight is 179 g/mol. The molecule has 3 rings (SSSR count). The van der Waals surface area contributed by atoms with Crippen molar-refractivity contribution in [2.24, 2.45) is 11.8 Å². The van der Waals surface area contributed by atoms with Crippen molar-refractivity contribution in [3.63, 3.8) is 0 Å². The van der Waals surface area contributed by atoms with E-state index in [1.807, 2.05) is 0 Å². The molecule has 1 heterocycles. The molecule has 74 valence electrons. The first-order valence-corrected chi connectivity index (χ1v) is 6.17. The quantitative estimate of drug-likeness (QED) is 0.687. The molecule has 0 atom stereocenters. The van der Waals surface area contributed by atoms with Crippen LogP contribution in [0.5, 0.6) is 0 Å². The first kappa shape index (κ1) is 8.28. The lowest BCUT2D eigenvalue weighted by molar-refractivity contribution is 0.234. The maximum absolute atomic E-state index is 3.92. The molecule has 1 saturated heterocycles. The maximum Gasteiger partial charge on any atom is 0.0237 e. The second kappa shape index (κ2) is 2.98.